The van der Waals surface area contributed by atoms with Crippen molar-refractivity contribution in [1.29, 1.82) is 0 Å². The number of para-hydroxylation sites is 2. The van der Waals surface area contributed by atoms with Gasteiger partial charge in [-0.3, -0.25) is 14.5 Å². The van der Waals surface area contributed by atoms with Gasteiger partial charge >= 0.3 is 0 Å². The number of amides is 1. The number of rotatable bonds is 4. The first-order valence-corrected chi connectivity index (χ1v) is 6.95. The van der Waals surface area contributed by atoms with Gasteiger partial charge in [0.1, 0.15) is 17.8 Å². The van der Waals surface area contributed by atoms with Gasteiger partial charge in [-0.1, -0.05) is 12.1 Å². The molecule has 5 nitrogen and oxygen atoms in total. The summed E-state index contributed by atoms with van der Waals surface area (Å²) in [4.78, 5) is 24.4. The SMILES string of the molecule is CC(Oc1ccc(C=O)cc1)N1C(=O)COc2ccccc21. The third kappa shape index (κ3) is 2.65. The van der Waals surface area contributed by atoms with Gasteiger partial charge in [0.2, 0.25) is 0 Å². The molecule has 0 spiro atoms. The van der Waals surface area contributed by atoms with Gasteiger partial charge in [-0.05, 0) is 43.3 Å². The molecule has 112 valence electrons. The predicted molar refractivity (Wildman–Crippen MR) is 81.3 cm³/mol. The van der Waals surface area contributed by atoms with Crippen molar-refractivity contribution in [2.75, 3.05) is 11.5 Å². The molecule has 0 saturated heterocycles. The standard InChI is InChI=1S/C17H15NO4/c1-12(22-14-8-6-13(10-19)7-9-14)18-15-4-2-3-5-16(15)21-11-17(18)20/h2-10,12H,11H2,1H3. The summed E-state index contributed by atoms with van der Waals surface area (Å²) in [5.41, 5.74) is 1.27. The minimum absolute atomic E-state index is 0.00517. The molecule has 2 aromatic carbocycles. The van der Waals surface area contributed by atoms with Crippen LogP contribution in [0.1, 0.15) is 17.3 Å². The molecule has 0 N–H and O–H groups in total. The summed E-state index contributed by atoms with van der Waals surface area (Å²) in [5.74, 6) is 1.10. The summed E-state index contributed by atoms with van der Waals surface area (Å²) < 4.78 is 11.2. The molecule has 2 aromatic rings. The number of nitrogens with zero attached hydrogens (tertiary/aromatic N) is 1. The Morgan fingerprint density at radius 1 is 1.18 bits per heavy atom. The summed E-state index contributed by atoms with van der Waals surface area (Å²) in [6, 6.07) is 14.1. The first-order chi connectivity index (χ1) is 10.7. The maximum Gasteiger partial charge on any atom is 0.267 e. The van der Waals surface area contributed by atoms with Crippen LogP contribution >= 0.6 is 0 Å². The minimum Gasteiger partial charge on any atom is -0.482 e. The molecule has 0 aromatic heterocycles. The Balaban J connectivity index is 1.83. The van der Waals surface area contributed by atoms with Crippen LogP contribution in [0.5, 0.6) is 11.5 Å². The van der Waals surface area contributed by atoms with E-state index in [2.05, 4.69) is 0 Å². The Morgan fingerprint density at radius 2 is 1.91 bits per heavy atom. The van der Waals surface area contributed by atoms with Crippen molar-refractivity contribution in [2.24, 2.45) is 0 Å². The quantitative estimate of drug-likeness (QED) is 0.814. The molecule has 22 heavy (non-hydrogen) atoms. The Kier molecular flexibility index (Phi) is 3.78. The van der Waals surface area contributed by atoms with Gasteiger partial charge in [0.05, 0.1) is 5.69 Å². The highest BCUT2D eigenvalue weighted by Crippen LogP contribution is 2.33. The lowest BCUT2D eigenvalue weighted by Gasteiger charge is -2.33. The molecule has 3 rings (SSSR count). The molecule has 0 saturated carbocycles. The van der Waals surface area contributed by atoms with E-state index in [4.69, 9.17) is 9.47 Å². The Morgan fingerprint density at radius 3 is 2.64 bits per heavy atom. The van der Waals surface area contributed by atoms with Gasteiger partial charge in [0.25, 0.3) is 5.91 Å². The fraction of sp³-hybridized carbons (Fsp3) is 0.176. The van der Waals surface area contributed by atoms with Crippen LogP contribution in [-0.2, 0) is 4.79 Å². The molecule has 1 unspecified atom stereocenters. The van der Waals surface area contributed by atoms with E-state index < -0.39 is 6.23 Å². The fourth-order valence-electron chi connectivity index (χ4n) is 2.39. The summed E-state index contributed by atoms with van der Waals surface area (Å²) in [5, 5.41) is 0. The number of hydrogen-bond donors (Lipinski definition) is 0. The Labute approximate surface area is 128 Å². The third-order valence-corrected chi connectivity index (χ3v) is 3.43. The number of ether oxygens (including phenoxy) is 2. The van der Waals surface area contributed by atoms with Crippen LogP contribution in [0.25, 0.3) is 0 Å². The van der Waals surface area contributed by atoms with Crippen molar-refractivity contribution in [3.63, 3.8) is 0 Å². The molecule has 0 fully saturated rings. The summed E-state index contributed by atoms with van der Waals surface area (Å²) in [6.45, 7) is 1.79. The van der Waals surface area contributed by atoms with E-state index in [9.17, 15) is 9.59 Å². The summed E-state index contributed by atoms with van der Waals surface area (Å²) >= 11 is 0. The molecule has 1 aliphatic heterocycles. The molecule has 1 aliphatic rings. The van der Waals surface area contributed by atoms with E-state index in [-0.39, 0.29) is 12.5 Å². The maximum atomic E-state index is 12.2. The lowest BCUT2D eigenvalue weighted by molar-refractivity contribution is -0.122. The van der Waals surface area contributed by atoms with Crippen LogP contribution in [0.4, 0.5) is 5.69 Å². The largest absolute Gasteiger partial charge is 0.482 e. The van der Waals surface area contributed by atoms with Crippen LogP contribution in [-0.4, -0.2) is 25.0 Å². The number of carbonyl (C=O) groups excluding carboxylic acids is 2. The van der Waals surface area contributed by atoms with Crippen molar-refractivity contribution in [1.82, 2.24) is 0 Å². The zero-order chi connectivity index (χ0) is 15.5. The highest BCUT2D eigenvalue weighted by Gasteiger charge is 2.30. The molecule has 5 heteroatoms. The molecule has 1 amide bonds. The van der Waals surface area contributed by atoms with Crippen LogP contribution in [0, 0.1) is 0 Å². The number of aldehydes is 1. The second kappa shape index (κ2) is 5.89. The average molecular weight is 297 g/mol. The van der Waals surface area contributed by atoms with Crippen molar-refractivity contribution < 1.29 is 19.1 Å². The van der Waals surface area contributed by atoms with Crippen molar-refractivity contribution in [2.45, 2.75) is 13.2 Å². The average Bonchev–Trinajstić information content (AvgIpc) is 2.55. The molecule has 0 radical (unpaired) electrons. The normalized spacial score (nSPS) is 14.8. The van der Waals surface area contributed by atoms with E-state index in [0.29, 0.717) is 22.7 Å². The van der Waals surface area contributed by atoms with Crippen LogP contribution in [0.3, 0.4) is 0 Å². The highest BCUT2D eigenvalue weighted by molar-refractivity contribution is 5.98. The van der Waals surface area contributed by atoms with Gasteiger partial charge in [-0.2, -0.15) is 0 Å². The van der Waals surface area contributed by atoms with E-state index in [1.54, 1.807) is 36.1 Å². The van der Waals surface area contributed by atoms with Crippen molar-refractivity contribution in [3.8, 4) is 11.5 Å². The van der Waals surface area contributed by atoms with Gasteiger partial charge in [-0.25, -0.2) is 0 Å². The van der Waals surface area contributed by atoms with Crippen molar-refractivity contribution >= 4 is 17.9 Å². The minimum atomic E-state index is -0.486. The lowest BCUT2D eigenvalue weighted by Crippen LogP contribution is -2.47. The fourth-order valence-corrected chi connectivity index (χ4v) is 2.39. The number of carbonyl (C=O) groups is 2. The third-order valence-electron chi connectivity index (χ3n) is 3.43. The molecule has 0 bridgehead atoms. The second-order valence-corrected chi connectivity index (χ2v) is 4.92. The first-order valence-electron chi connectivity index (χ1n) is 6.95. The van der Waals surface area contributed by atoms with E-state index in [1.165, 1.54) is 0 Å². The van der Waals surface area contributed by atoms with Crippen LogP contribution in [0.2, 0.25) is 0 Å². The first kappa shape index (κ1) is 14.1. The van der Waals surface area contributed by atoms with E-state index in [0.717, 1.165) is 6.29 Å². The Bertz CT molecular complexity index is 696. The predicted octanol–water partition coefficient (Wildman–Crippen LogP) is 2.65. The van der Waals surface area contributed by atoms with E-state index in [1.807, 2.05) is 24.3 Å². The van der Waals surface area contributed by atoms with Gasteiger partial charge in [0, 0.05) is 5.56 Å². The van der Waals surface area contributed by atoms with Gasteiger partial charge < -0.3 is 9.47 Å². The monoisotopic (exact) mass is 297 g/mol. The number of anilines is 1. The molecular formula is C17H15NO4. The van der Waals surface area contributed by atoms with Crippen molar-refractivity contribution in [3.05, 3.63) is 54.1 Å². The topological polar surface area (TPSA) is 55.8 Å². The van der Waals surface area contributed by atoms with Gasteiger partial charge in [0.15, 0.2) is 12.8 Å². The van der Waals surface area contributed by atoms with E-state index >= 15 is 0 Å². The summed E-state index contributed by atoms with van der Waals surface area (Å²) in [7, 11) is 0. The number of benzene rings is 2. The summed E-state index contributed by atoms with van der Waals surface area (Å²) in [6.07, 6.45) is 0.286. The van der Waals surface area contributed by atoms with Crippen LogP contribution in [0.15, 0.2) is 48.5 Å². The number of hydrogen-bond acceptors (Lipinski definition) is 4. The Hall–Kier alpha value is -2.82. The zero-order valence-corrected chi connectivity index (χ0v) is 12.1. The van der Waals surface area contributed by atoms with Crippen LogP contribution < -0.4 is 14.4 Å². The molecule has 0 aliphatic carbocycles. The second-order valence-electron chi connectivity index (χ2n) is 4.92. The lowest BCUT2D eigenvalue weighted by atomic mass is 10.2. The smallest absolute Gasteiger partial charge is 0.267 e. The molecular weight excluding hydrogens is 282 g/mol. The number of fused-ring (bicyclic) bond motifs is 1. The van der Waals surface area contributed by atoms with Gasteiger partial charge in [-0.15, -0.1) is 0 Å². The zero-order valence-electron chi connectivity index (χ0n) is 12.1. The molecule has 1 heterocycles. The highest BCUT2D eigenvalue weighted by atomic mass is 16.5. The maximum absolute atomic E-state index is 12.2. The molecule has 1 atom stereocenters.